The van der Waals surface area contributed by atoms with E-state index in [4.69, 9.17) is 10.5 Å². The Kier molecular flexibility index (Phi) is 7.09. The minimum absolute atomic E-state index is 0.0265. The van der Waals surface area contributed by atoms with E-state index in [1.807, 2.05) is 30.3 Å². The maximum absolute atomic E-state index is 13.2. The Labute approximate surface area is 187 Å². The lowest BCUT2D eigenvalue weighted by atomic mass is 9.79. The van der Waals surface area contributed by atoms with Crippen LogP contribution in [0.15, 0.2) is 48.5 Å². The topological polar surface area (TPSA) is 64.3 Å². The highest BCUT2D eigenvalue weighted by Gasteiger charge is 2.40. The molecule has 180 valence electrons. The summed E-state index contributed by atoms with van der Waals surface area (Å²) in [6, 6.07) is 10.6. The van der Waals surface area contributed by atoms with Crippen LogP contribution in [-0.2, 0) is 27.4 Å². The molecule has 1 amide bonds. The lowest BCUT2D eigenvalue weighted by Crippen LogP contribution is -2.54. The molecule has 0 saturated carbocycles. The summed E-state index contributed by atoms with van der Waals surface area (Å²) in [5.74, 6) is -0.820. The van der Waals surface area contributed by atoms with Crippen LogP contribution < -0.4 is 11.1 Å². The third-order valence-corrected chi connectivity index (χ3v) is 5.99. The molecule has 3 N–H and O–H groups in total. The summed E-state index contributed by atoms with van der Waals surface area (Å²) in [6.07, 6.45) is -10.00. The van der Waals surface area contributed by atoms with Crippen LogP contribution in [0, 0.1) is 5.92 Å². The smallest absolute Gasteiger partial charge is 0.372 e. The van der Waals surface area contributed by atoms with E-state index in [1.165, 1.54) is 6.92 Å². The van der Waals surface area contributed by atoms with E-state index in [1.54, 1.807) is 0 Å². The standard InChI is InChI=1S/C23H24F6N2O2/c1-14(16-9-18(22(24,25)26)11-19(10-16)23(27,28)29)33-13-21(17-5-3-2-4-6-17)8-7-15(12-31-21)20(30)32/h2-6,9-11,14-15,31H,7-8,12-13H2,1H3,(H2,30,32)/t14-,15+,21-/m1/s1. The molecule has 1 saturated heterocycles. The van der Waals surface area contributed by atoms with Gasteiger partial charge in [-0.25, -0.2) is 0 Å². The van der Waals surface area contributed by atoms with Gasteiger partial charge < -0.3 is 15.8 Å². The first-order valence-electron chi connectivity index (χ1n) is 10.3. The Balaban J connectivity index is 1.87. The van der Waals surface area contributed by atoms with Gasteiger partial charge in [0.2, 0.25) is 5.91 Å². The van der Waals surface area contributed by atoms with Crippen molar-refractivity contribution in [3.8, 4) is 0 Å². The second-order valence-corrected chi connectivity index (χ2v) is 8.26. The first kappa shape index (κ1) is 25.0. The Morgan fingerprint density at radius 1 is 1.09 bits per heavy atom. The zero-order chi connectivity index (χ0) is 24.4. The van der Waals surface area contributed by atoms with Crippen LogP contribution in [0.25, 0.3) is 0 Å². The van der Waals surface area contributed by atoms with Gasteiger partial charge in [-0.1, -0.05) is 30.3 Å². The molecule has 0 bridgehead atoms. The van der Waals surface area contributed by atoms with Crippen molar-refractivity contribution in [1.82, 2.24) is 5.32 Å². The average molecular weight is 474 g/mol. The zero-order valence-electron chi connectivity index (χ0n) is 17.8. The van der Waals surface area contributed by atoms with Crippen molar-refractivity contribution in [2.45, 2.75) is 43.8 Å². The van der Waals surface area contributed by atoms with Crippen LogP contribution in [0.5, 0.6) is 0 Å². The van der Waals surface area contributed by atoms with Gasteiger partial charge in [-0.3, -0.25) is 4.79 Å². The molecule has 0 aromatic heterocycles. The summed E-state index contributed by atoms with van der Waals surface area (Å²) in [5, 5.41) is 3.27. The second-order valence-electron chi connectivity index (χ2n) is 8.26. The molecule has 0 aliphatic carbocycles. The number of alkyl halides is 6. The molecule has 10 heteroatoms. The van der Waals surface area contributed by atoms with E-state index in [0.29, 0.717) is 25.0 Å². The summed E-state index contributed by atoms with van der Waals surface area (Å²) in [5.41, 5.74) is 2.46. The molecule has 0 spiro atoms. The molecule has 3 rings (SSSR count). The van der Waals surface area contributed by atoms with Crippen molar-refractivity contribution in [2.24, 2.45) is 11.7 Å². The summed E-state index contributed by atoms with van der Waals surface area (Å²) >= 11 is 0. The van der Waals surface area contributed by atoms with Gasteiger partial charge in [-0.05, 0) is 49.1 Å². The van der Waals surface area contributed by atoms with E-state index < -0.39 is 41.0 Å². The van der Waals surface area contributed by atoms with Gasteiger partial charge >= 0.3 is 12.4 Å². The zero-order valence-corrected chi connectivity index (χ0v) is 17.8. The number of primary amides is 1. The van der Waals surface area contributed by atoms with Crippen LogP contribution in [0.1, 0.15) is 48.1 Å². The van der Waals surface area contributed by atoms with Crippen molar-refractivity contribution in [3.63, 3.8) is 0 Å². The largest absolute Gasteiger partial charge is 0.416 e. The lowest BCUT2D eigenvalue weighted by molar-refractivity contribution is -0.143. The Hall–Kier alpha value is -2.59. The first-order chi connectivity index (χ1) is 15.3. The van der Waals surface area contributed by atoms with Crippen LogP contribution in [0.3, 0.4) is 0 Å². The number of carbonyl (C=O) groups excluding carboxylic acids is 1. The summed E-state index contributed by atoms with van der Waals surface area (Å²) in [7, 11) is 0. The Morgan fingerprint density at radius 2 is 1.67 bits per heavy atom. The van der Waals surface area contributed by atoms with Gasteiger partial charge in [-0.15, -0.1) is 0 Å². The number of carbonyl (C=O) groups is 1. The number of nitrogens with one attached hydrogen (secondary N) is 1. The highest BCUT2D eigenvalue weighted by Crippen LogP contribution is 2.39. The van der Waals surface area contributed by atoms with Gasteiger partial charge in [0.1, 0.15) is 0 Å². The lowest BCUT2D eigenvalue weighted by Gasteiger charge is -2.41. The number of benzene rings is 2. The fourth-order valence-electron chi connectivity index (χ4n) is 3.96. The predicted molar refractivity (Wildman–Crippen MR) is 109 cm³/mol. The summed E-state index contributed by atoms with van der Waals surface area (Å²) < 4.78 is 85.1. The second kappa shape index (κ2) is 9.34. The molecule has 2 aromatic carbocycles. The van der Waals surface area contributed by atoms with Gasteiger partial charge in [0.25, 0.3) is 0 Å². The van der Waals surface area contributed by atoms with Crippen molar-refractivity contribution in [1.29, 1.82) is 0 Å². The Bertz CT molecular complexity index is 935. The number of piperidine rings is 1. The van der Waals surface area contributed by atoms with E-state index in [-0.39, 0.29) is 30.7 Å². The molecule has 1 fully saturated rings. The van der Waals surface area contributed by atoms with Gasteiger partial charge in [0.15, 0.2) is 0 Å². The molecule has 4 nitrogen and oxygen atoms in total. The molecule has 3 atom stereocenters. The van der Waals surface area contributed by atoms with Crippen molar-refractivity contribution < 1.29 is 35.9 Å². The average Bonchev–Trinajstić information content (AvgIpc) is 2.76. The molecule has 0 unspecified atom stereocenters. The third-order valence-electron chi connectivity index (χ3n) is 5.99. The van der Waals surface area contributed by atoms with E-state index >= 15 is 0 Å². The third kappa shape index (κ3) is 5.86. The minimum Gasteiger partial charge on any atom is -0.372 e. The maximum Gasteiger partial charge on any atom is 0.416 e. The van der Waals surface area contributed by atoms with Crippen LogP contribution >= 0.6 is 0 Å². The normalized spacial score (nSPS) is 22.7. The number of nitrogens with two attached hydrogens (primary N) is 1. The molecule has 33 heavy (non-hydrogen) atoms. The summed E-state index contributed by atoms with van der Waals surface area (Å²) in [4.78, 5) is 11.5. The van der Waals surface area contributed by atoms with Gasteiger partial charge in [-0.2, -0.15) is 26.3 Å². The number of hydrogen-bond acceptors (Lipinski definition) is 3. The molecule has 0 radical (unpaired) electrons. The van der Waals surface area contributed by atoms with Gasteiger partial charge in [0.05, 0.1) is 35.3 Å². The number of ether oxygens (including phenoxy) is 1. The number of amides is 1. The van der Waals surface area contributed by atoms with Crippen LogP contribution in [0.2, 0.25) is 0 Å². The maximum atomic E-state index is 13.2. The quantitative estimate of drug-likeness (QED) is 0.567. The molecular weight excluding hydrogens is 450 g/mol. The Morgan fingerprint density at radius 3 is 2.12 bits per heavy atom. The number of rotatable bonds is 6. The van der Waals surface area contributed by atoms with Crippen LogP contribution in [0.4, 0.5) is 26.3 Å². The SMILES string of the molecule is C[C@@H](OC[C@@]1(c2ccccc2)CC[C@H](C(N)=O)CN1)c1cc(C(F)(F)F)cc(C(F)(F)F)c1. The first-order valence-corrected chi connectivity index (χ1v) is 10.3. The van der Waals surface area contributed by atoms with E-state index in [9.17, 15) is 31.1 Å². The molecule has 1 aliphatic heterocycles. The van der Waals surface area contributed by atoms with E-state index in [2.05, 4.69) is 5.32 Å². The van der Waals surface area contributed by atoms with Crippen molar-refractivity contribution >= 4 is 5.91 Å². The fraction of sp³-hybridized carbons (Fsp3) is 0.435. The molecular formula is C23H24F6N2O2. The number of halogens is 6. The van der Waals surface area contributed by atoms with Gasteiger partial charge in [0, 0.05) is 6.54 Å². The highest BCUT2D eigenvalue weighted by molar-refractivity contribution is 5.77. The number of hydrogen-bond donors (Lipinski definition) is 2. The highest BCUT2D eigenvalue weighted by atomic mass is 19.4. The summed E-state index contributed by atoms with van der Waals surface area (Å²) in [6.45, 7) is 1.66. The van der Waals surface area contributed by atoms with Crippen LogP contribution in [-0.4, -0.2) is 19.1 Å². The fourth-order valence-corrected chi connectivity index (χ4v) is 3.96. The van der Waals surface area contributed by atoms with Crippen molar-refractivity contribution in [3.05, 3.63) is 70.8 Å². The molecule has 1 aliphatic rings. The monoisotopic (exact) mass is 474 g/mol. The molecule has 2 aromatic rings. The minimum atomic E-state index is -4.93. The van der Waals surface area contributed by atoms with Crippen molar-refractivity contribution in [2.75, 3.05) is 13.2 Å². The predicted octanol–water partition coefficient (Wildman–Crippen LogP) is 5.18. The molecule has 1 heterocycles. The van der Waals surface area contributed by atoms with E-state index in [0.717, 1.165) is 5.56 Å².